The zero-order valence-electron chi connectivity index (χ0n) is 15.4. The lowest BCUT2D eigenvalue weighted by Gasteiger charge is -2.35. The molecule has 2 aromatic carbocycles. The number of carbonyl (C=O) groups is 2. The molecule has 0 unspecified atom stereocenters. The lowest BCUT2D eigenvalue weighted by atomic mass is 10.1. The zero-order chi connectivity index (χ0) is 23.4. The quantitative estimate of drug-likeness (QED) is 0.255. The Morgan fingerprint density at radius 3 is 2.03 bits per heavy atom. The normalized spacial score (nSPS) is 13.7. The van der Waals surface area contributed by atoms with Crippen LogP contribution in [-0.2, 0) is 9.53 Å². The first kappa shape index (κ1) is 24.5. The molecule has 2 rings (SSSR count). The molecule has 0 saturated heterocycles. The van der Waals surface area contributed by atoms with Crippen LogP contribution in [0.15, 0.2) is 48.5 Å². The summed E-state index contributed by atoms with van der Waals surface area (Å²) in [6.07, 6.45) is -5.41. The van der Waals surface area contributed by atoms with Crippen LogP contribution in [0.25, 0.3) is 0 Å². The fraction of sp³-hybridized carbons (Fsp3) is 0.222. The summed E-state index contributed by atoms with van der Waals surface area (Å²) in [4.78, 5) is 24.7. The number of halogens is 7. The van der Waals surface area contributed by atoms with Gasteiger partial charge < -0.3 is 20.1 Å². The fourth-order valence-electron chi connectivity index (χ4n) is 2.38. The van der Waals surface area contributed by atoms with Crippen LogP contribution in [0.1, 0.15) is 10.4 Å². The molecule has 0 radical (unpaired) electrons. The van der Waals surface area contributed by atoms with Crippen LogP contribution in [0.5, 0.6) is 5.75 Å². The molecule has 0 bridgehead atoms. The molecule has 2 aromatic rings. The van der Waals surface area contributed by atoms with Crippen LogP contribution in [0, 0.1) is 0 Å². The van der Waals surface area contributed by atoms with Gasteiger partial charge in [-0.25, -0.2) is 4.79 Å². The predicted octanol–water partition coefficient (Wildman–Crippen LogP) is 4.78. The maximum atomic E-state index is 14.0. The van der Waals surface area contributed by atoms with Crippen LogP contribution in [0.4, 0.5) is 27.6 Å². The van der Waals surface area contributed by atoms with Gasteiger partial charge in [0.05, 0.1) is 17.7 Å². The molecule has 0 heterocycles. The van der Waals surface area contributed by atoms with Crippen LogP contribution < -0.4 is 15.4 Å². The third-order valence-electron chi connectivity index (χ3n) is 3.76. The monoisotopic (exact) mass is 486 g/mol. The Kier molecular flexibility index (Phi) is 7.22. The SMILES string of the molecule is COC(=O)[C@](NC(=O)c1ccccc1Cl)(Nc1ccc(OC(F)(F)Cl)cc1)C(F)(F)F. The first-order chi connectivity index (χ1) is 14.3. The van der Waals surface area contributed by atoms with Gasteiger partial charge in [0, 0.05) is 17.3 Å². The smallest absolute Gasteiger partial charge is 0.466 e. The molecule has 0 spiro atoms. The Hall–Kier alpha value is -2.79. The molecule has 0 aromatic heterocycles. The molecular weight excluding hydrogens is 474 g/mol. The van der Waals surface area contributed by atoms with E-state index in [4.69, 9.17) is 11.6 Å². The van der Waals surface area contributed by atoms with Gasteiger partial charge in [-0.1, -0.05) is 23.7 Å². The van der Waals surface area contributed by atoms with E-state index in [1.807, 2.05) is 5.32 Å². The van der Waals surface area contributed by atoms with E-state index in [0.717, 1.165) is 30.3 Å². The van der Waals surface area contributed by atoms with E-state index >= 15 is 0 Å². The van der Waals surface area contributed by atoms with E-state index in [0.29, 0.717) is 7.11 Å². The molecule has 31 heavy (non-hydrogen) atoms. The van der Waals surface area contributed by atoms with Crippen molar-refractivity contribution in [3.05, 3.63) is 59.1 Å². The van der Waals surface area contributed by atoms with Gasteiger partial charge in [-0.3, -0.25) is 4.79 Å². The largest absolute Gasteiger partial charge is 0.487 e. The molecular formula is C18H13Cl2F5N2O4. The molecule has 1 amide bonds. The second kappa shape index (κ2) is 9.15. The van der Waals surface area contributed by atoms with E-state index in [9.17, 15) is 31.5 Å². The van der Waals surface area contributed by atoms with Crippen molar-refractivity contribution in [1.29, 1.82) is 0 Å². The number of rotatable bonds is 7. The number of amides is 1. The molecule has 6 nitrogen and oxygen atoms in total. The lowest BCUT2D eigenvalue weighted by Crippen LogP contribution is -2.69. The Labute approximate surface area is 182 Å². The predicted molar refractivity (Wildman–Crippen MR) is 101 cm³/mol. The van der Waals surface area contributed by atoms with Gasteiger partial charge in [-0.05, 0) is 36.4 Å². The van der Waals surface area contributed by atoms with E-state index in [-0.39, 0.29) is 10.6 Å². The summed E-state index contributed by atoms with van der Waals surface area (Å²) in [6.45, 7) is 0. The summed E-state index contributed by atoms with van der Waals surface area (Å²) >= 11 is 10.5. The molecule has 0 aliphatic heterocycles. The van der Waals surface area contributed by atoms with Gasteiger partial charge in [0.15, 0.2) is 0 Å². The second-order valence-electron chi connectivity index (χ2n) is 5.87. The van der Waals surface area contributed by atoms with Crippen molar-refractivity contribution < 1.29 is 41.0 Å². The Morgan fingerprint density at radius 2 is 1.55 bits per heavy atom. The highest BCUT2D eigenvalue weighted by Crippen LogP contribution is 2.34. The topological polar surface area (TPSA) is 76.7 Å². The third kappa shape index (κ3) is 5.88. The molecule has 0 saturated carbocycles. The number of benzene rings is 2. The first-order valence-electron chi connectivity index (χ1n) is 8.15. The summed E-state index contributed by atoms with van der Waals surface area (Å²) in [6, 6.07) is 8.73. The van der Waals surface area contributed by atoms with Gasteiger partial charge in [-0.15, -0.1) is 8.78 Å². The maximum absolute atomic E-state index is 14.0. The minimum absolute atomic E-state index is 0.163. The van der Waals surface area contributed by atoms with Crippen LogP contribution in [0.3, 0.4) is 0 Å². The number of hydrogen-bond acceptors (Lipinski definition) is 5. The Balaban J connectivity index is 2.44. The lowest BCUT2D eigenvalue weighted by molar-refractivity contribution is -0.203. The van der Waals surface area contributed by atoms with E-state index in [2.05, 4.69) is 21.1 Å². The van der Waals surface area contributed by atoms with Gasteiger partial charge in [0.2, 0.25) is 0 Å². The highest BCUT2D eigenvalue weighted by atomic mass is 35.5. The minimum atomic E-state index is -5.41. The number of methoxy groups -OCH3 is 1. The van der Waals surface area contributed by atoms with Crippen molar-refractivity contribution >= 4 is 40.8 Å². The summed E-state index contributed by atoms with van der Waals surface area (Å²) in [5, 5.41) is 3.25. The van der Waals surface area contributed by atoms with Gasteiger partial charge in [-0.2, -0.15) is 13.2 Å². The fourth-order valence-corrected chi connectivity index (χ4v) is 2.69. The Morgan fingerprint density at radius 1 is 0.968 bits per heavy atom. The number of ether oxygens (including phenoxy) is 2. The van der Waals surface area contributed by atoms with Crippen molar-refractivity contribution in [3.63, 3.8) is 0 Å². The number of carbonyl (C=O) groups excluding carboxylic acids is 2. The third-order valence-corrected chi connectivity index (χ3v) is 4.16. The molecule has 0 aliphatic carbocycles. The molecule has 13 heteroatoms. The number of esters is 1. The standard InChI is InChI=1S/C18H13Cl2F5N2O4/c1-30-15(29)16(17(21,22)23,27-14(28)12-4-2-3-5-13(12)19)26-10-6-8-11(9-7-10)31-18(20,24)25/h2-9,26H,1H3,(H,27,28)/t16-/m1/s1. The molecule has 168 valence electrons. The van der Waals surface area contributed by atoms with Crippen molar-refractivity contribution in [3.8, 4) is 5.75 Å². The van der Waals surface area contributed by atoms with Crippen molar-refractivity contribution in [2.45, 2.75) is 17.4 Å². The van der Waals surface area contributed by atoms with Crippen molar-refractivity contribution in [2.24, 2.45) is 0 Å². The number of alkyl halides is 6. The molecule has 1 atom stereocenters. The van der Waals surface area contributed by atoms with E-state index < -0.39 is 40.7 Å². The second-order valence-corrected chi connectivity index (χ2v) is 6.72. The number of anilines is 1. The van der Waals surface area contributed by atoms with Gasteiger partial charge >= 0.3 is 23.4 Å². The average molecular weight is 487 g/mol. The zero-order valence-corrected chi connectivity index (χ0v) is 16.9. The minimum Gasteiger partial charge on any atom is -0.466 e. The molecule has 0 fully saturated rings. The molecule has 0 aliphatic rings. The summed E-state index contributed by atoms with van der Waals surface area (Å²) in [5.41, 5.74) is -8.51. The Bertz CT molecular complexity index is 951. The highest BCUT2D eigenvalue weighted by molar-refractivity contribution is 6.33. The van der Waals surface area contributed by atoms with Crippen molar-refractivity contribution in [2.75, 3.05) is 12.4 Å². The average Bonchev–Trinajstić information content (AvgIpc) is 2.66. The van der Waals surface area contributed by atoms with Gasteiger partial charge in [0.25, 0.3) is 5.91 Å². The first-order valence-corrected chi connectivity index (χ1v) is 8.91. The van der Waals surface area contributed by atoms with E-state index in [1.165, 1.54) is 18.2 Å². The highest BCUT2D eigenvalue weighted by Gasteiger charge is 2.63. The van der Waals surface area contributed by atoms with Crippen LogP contribution in [0.2, 0.25) is 5.02 Å². The van der Waals surface area contributed by atoms with Gasteiger partial charge in [0.1, 0.15) is 5.75 Å². The summed E-state index contributed by atoms with van der Waals surface area (Å²) in [7, 11) is 0.686. The molecule has 2 N–H and O–H groups in total. The summed E-state index contributed by atoms with van der Waals surface area (Å²) in [5.74, 6) is -3.70. The van der Waals surface area contributed by atoms with Crippen LogP contribution in [-0.4, -0.2) is 36.4 Å². The van der Waals surface area contributed by atoms with E-state index in [1.54, 1.807) is 5.32 Å². The maximum Gasteiger partial charge on any atom is 0.487 e. The van der Waals surface area contributed by atoms with Crippen LogP contribution >= 0.6 is 23.2 Å². The number of nitrogens with one attached hydrogen (secondary N) is 2. The summed E-state index contributed by atoms with van der Waals surface area (Å²) < 4.78 is 75.8. The number of hydrogen-bond donors (Lipinski definition) is 2. The van der Waals surface area contributed by atoms with Crippen molar-refractivity contribution in [1.82, 2.24) is 5.32 Å².